The van der Waals surface area contributed by atoms with Gasteiger partial charge in [0.2, 0.25) is 0 Å². The fourth-order valence-electron chi connectivity index (χ4n) is 8.45. The summed E-state index contributed by atoms with van der Waals surface area (Å²) < 4.78 is 18.5. The van der Waals surface area contributed by atoms with Crippen molar-refractivity contribution in [2.24, 2.45) is 0 Å². The molecule has 0 saturated carbocycles. The lowest BCUT2D eigenvalue weighted by molar-refractivity contribution is 0.667. The van der Waals surface area contributed by atoms with Gasteiger partial charge in [-0.15, -0.1) is 0 Å². The highest BCUT2D eigenvalue weighted by molar-refractivity contribution is 6.09. The van der Waals surface area contributed by atoms with Crippen LogP contribution in [0.5, 0.6) is 0 Å². The van der Waals surface area contributed by atoms with Crippen LogP contribution in [0.25, 0.3) is 122 Å². The normalized spacial score (nSPS) is 11.9. The first-order valence-corrected chi connectivity index (χ1v) is 19.2. The number of pyridine rings is 1. The summed E-state index contributed by atoms with van der Waals surface area (Å²) in [5.41, 5.74) is 16.3. The molecule has 0 N–H and O–H groups in total. The molecule has 0 aliphatic carbocycles. The molecule has 57 heavy (non-hydrogen) atoms. The second-order valence-corrected chi connectivity index (χ2v) is 14.7. The number of rotatable bonds is 5. The summed E-state index contributed by atoms with van der Waals surface area (Å²) in [6.07, 6.45) is 1.85. The Morgan fingerprint density at radius 3 is 1.09 bits per heavy atom. The van der Waals surface area contributed by atoms with Crippen molar-refractivity contribution >= 4 is 65.8 Å². The molecule has 0 aliphatic rings. The van der Waals surface area contributed by atoms with Crippen molar-refractivity contribution in [3.8, 4) is 55.8 Å². The minimum absolute atomic E-state index is 0.770. The average molecular weight is 730 g/mol. The number of para-hydroxylation sites is 2. The number of fused-ring (bicyclic) bond motifs is 9. The lowest BCUT2D eigenvalue weighted by Crippen LogP contribution is -1.85. The molecular formula is C53H31NO3. The van der Waals surface area contributed by atoms with Gasteiger partial charge in [-0.1, -0.05) is 109 Å². The van der Waals surface area contributed by atoms with E-state index in [1.807, 2.05) is 30.5 Å². The molecule has 0 radical (unpaired) electrons. The molecule has 0 atom stereocenters. The van der Waals surface area contributed by atoms with Gasteiger partial charge in [0.05, 0.1) is 11.9 Å². The maximum absolute atomic E-state index is 6.31. The molecule has 4 aromatic heterocycles. The van der Waals surface area contributed by atoms with Crippen molar-refractivity contribution < 1.29 is 13.3 Å². The molecule has 0 bridgehead atoms. The molecule has 0 fully saturated rings. The van der Waals surface area contributed by atoms with E-state index in [1.54, 1.807) is 0 Å². The molecule has 266 valence electrons. The van der Waals surface area contributed by atoms with E-state index in [0.717, 1.165) is 116 Å². The van der Waals surface area contributed by atoms with Crippen LogP contribution in [0.2, 0.25) is 0 Å². The van der Waals surface area contributed by atoms with Crippen LogP contribution in [-0.2, 0) is 0 Å². The van der Waals surface area contributed by atoms with Crippen molar-refractivity contribution in [1.29, 1.82) is 0 Å². The van der Waals surface area contributed by atoms with Crippen LogP contribution in [0.15, 0.2) is 201 Å². The topological polar surface area (TPSA) is 52.3 Å². The predicted molar refractivity (Wildman–Crippen MR) is 233 cm³/mol. The monoisotopic (exact) mass is 729 g/mol. The third kappa shape index (κ3) is 5.26. The quantitative estimate of drug-likeness (QED) is 0.177. The molecule has 12 rings (SSSR count). The minimum atomic E-state index is 0.770. The van der Waals surface area contributed by atoms with Crippen molar-refractivity contribution in [2.45, 2.75) is 0 Å². The Kier molecular flexibility index (Phi) is 6.89. The van der Waals surface area contributed by atoms with Gasteiger partial charge in [0.25, 0.3) is 0 Å². The van der Waals surface area contributed by atoms with E-state index >= 15 is 0 Å². The zero-order valence-electron chi connectivity index (χ0n) is 30.6. The van der Waals surface area contributed by atoms with Gasteiger partial charge >= 0.3 is 0 Å². The Morgan fingerprint density at radius 2 is 0.596 bits per heavy atom. The van der Waals surface area contributed by atoms with Crippen LogP contribution in [0.3, 0.4) is 0 Å². The van der Waals surface area contributed by atoms with E-state index in [1.165, 1.54) is 5.56 Å². The molecular weight excluding hydrogens is 699 g/mol. The summed E-state index contributed by atoms with van der Waals surface area (Å²) in [6, 6.07) is 64.0. The van der Waals surface area contributed by atoms with Gasteiger partial charge < -0.3 is 13.3 Å². The molecule has 0 saturated heterocycles. The third-order valence-electron chi connectivity index (χ3n) is 11.3. The summed E-state index contributed by atoms with van der Waals surface area (Å²) in [5.74, 6) is 0. The van der Waals surface area contributed by atoms with Gasteiger partial charge in [-0.25, -0.2) is 0 Å². The Morgan fingerprint density at radius 1 is 0.246 bits per heavy atom. The Balaban J connectivity index is 0.881. The fraction of sp³-hybridized carbons (Fsp3) is 0. The molecule has 4 heterocycles. The van der Waals surface area contributed by atoms with Crippen molar-refractivity contribution in [2.75, 3.05) is 0 Å². The van der Waals surface area contributed by atoms with Gasteiger partial charge in [-0.2, -0.15) is 0 Å². The van der Waals surface area contributed by atoms with E-state index in [9.17, 15) is 0 Å². The third-order valence-corrected chi connectivity index (χ3v) is 11.3. The second-order valence-electron chi connectivity index (χ2n) is 14.7. The van der Waals surface area contributed by atoms with E-state index in [4.69, 9.17) is 18.2 Å². The first kappa shape index (κ1) is 31.6. The molecule has 4 heteroatoms. The standard InChI is InChI=1S/C53H31NO3/c1-3-16-48-41(14-1)43-27-37(18-21-50(43)55-48)34-10-5-8-32(24-34)33-9-6-11-35(25-33)39-20-23-52-45(29-39)46-30-47(54-31-53(46)57-52)40-13-7-12-36(26-40)38-19-22-51-44(28-38)42-15-2-4-17-49(42)56-51/h1-31H. The summed E-state index contributed by atoms with van der Waals surface area (Å²) >= 11 is 0. The maximum atomic E-state index is 6.31. The molecule has 0 amide bonds. The highest BCUT2D eigenvalue weighted by Crippen LogP contribution is 2.38. The highest BCUT2D eigenvalue weighted by Gasteiger charge is 2.14. The van der Waals surface area contributed by atoms with Crippen molar-refractivity contribution in [3.63, 3.8) is 0 Å². The molecule has 0 aliphatic heterocycles. The Hall–Kier alpha value is -7.69. The van der Waals surface area contributed by atoms with Crippen LogP contribution < -0.4 is 0 Å². The number of furan rings is 3. The molecule has 0 spiro atoms. The van der Waals surface area contributed by atoms with E-state index < -0.39 is 0 Å². The van der Waals surface area contributed by atoms with Crippen LogP contribution in [0.4, 0.5) is 0 Å². The summed E-state index contributed by atoms with van der Waals surface area (Å²) in [5, 5.41) is 6.61. The van der Waals surface area contributed by atoms with Crippen molar-refractivity contribution in [3.05, 3.63) is 188 Å². The first-order chi connectivity index (χ1) is 28.2. The summed E-state index contributed by atoms with van der Waals surface area (Å²) in [7, 11) is 0. The number of benzene rings is 8. The molecule has 8 aromatic carbocycles. The van der Waals surface area contributed by atoms with Crippen LogP contribution in [0.1, 0.15) is 0 Å². The lowest BCUT2D eigenvalue weighted by Gasteiger charge is -2.09. The van der Waals surface area contributed by atoms with E-state index in [0.29, 0.717) is 0 Å². The van der Waals surface area contributed by atoms with Crippen LogP contribution in [0, 0.1) is 0 Å². The smallest absolute Gasteiger partial charge is 0.153 e. The molecule has 12 aromatic rings. The second kappa shape index (κ2) is 12.4. The average Bonchev–Trinajstić information content (AvgIpc) is 3.96. The van der Waals surface area contributed by atoms with Gasteiger partial charge in [0, 0.05) is 37.9 Å². The maximum Gasteiger partial charge on any atom is 0.153 e. The summed E-state index contributed by atoms with van der Waals surface area (Å²) in [4.78, 5) is 4.86. The zero-order valence-corrected chi connectivity index (χ0v) is 30.6. The Bertz CT molecular complexity index is 3550. The fourth-order valence-corrected chi connectivity index (χ4v) is 8.45. The highest BCUT2D eigenvalue weighted by atomic mass is 16.3. The number of aromatic nitrogens is 1. The largest absolute Gasteiger partial charge is 0.456 e. The predicted octanol–water partition coefficient (Wildman–Crippen LogP) is 15.1. The molecule has 0 unspecified atom stereocenters. The Labute approximate surface area is 326 Å². The SMILES string of the molecule is c1cc(-c2cccc(-c3ccc4oc5cnc(-c6cccc(-c7ccc8oc9ccccc9c8c7)c6)cc5c4c3)c2)cc(-c2ccc3oc4ccccc4c3c2)c1. The van der Waals surface area contributed by atoms with Crippen LogP contribution >= 0.6 is 0 Å². The van der Waals surface area contributed by atoms with Gasteiger partial charge in [-0.05, 0) is 117 Å². The minimum Gasteiger partial charge on any atom is -0.456 e. The van der Waals surface area contributed by atoms with E-state index in [2.05, 4.69) is 158 Å². The zero-order chi connectivity index (χ0) is 37.5. The summed E-state index contributed by atoms with van der Waals surface area (Å²) in [6.45, 7) is 0. The lowest BCUT2D eigenvalue weighted by atomic mass is 9.95. The van der Waals surface area contributed by atoms with Crippen molar-refractivity contribution in [1.82, 2.24) is 4.98 Å². The van der Waals surface area contributed by atoms with Crippen LogP contribution in [-0.4, -0.2) is 4.98 Å². The van der Waals surface area contributed by atoms with Gasteiger partial charge in [0.1, 0.15) is 27.9 Å². The van der Waals surface area contributed by atoms with Gasteiger partial charge in [0.15, 0.2) is 5.58 Å². The number of hydrogen-bond donors (Lipinski definition) is 0. The van der Waals surface area contributed by atoms with E-state index in [-0.39, 0.29) is 0 Å². The number of hydrogen-bond acceptors (Lipinski definition) is 4. The first-order valence-electron chi connectivity index (χ1n) is 19.2. The van der Waals surface area contributed by atoms with Gasteiger partial charge in [-0.3, -0.25) is 4.98 Å². The number of nitrogens with zero attached hydrogens (tertiary/aromatic N) is 1. The molecule has 4 nitrogen and oxygen atoms in total.